The Labute approximate surface area is 119 Å². The van der Waals surface area contributed by atoms with Crippen LogP contribution in [0, 0.1) is 0 Å². The Balaban J connectivity index is 1.86. The summed E-state index contributed by atoms with van der Waals surface area (Å²) in [7, 11) is 6.24. The van der Waals surface area contributed by atoms with Gasteiger partial charge in [-0.25, -0.2) is 0 Å². The van der Waals surface area contributed by atoms with Crippen molar-refractivity contribution >= 4 is 17.7 Å². The van der Waals surface area contributed by atoms with Crippen molar-refractivity contribution in [1.29, 1.82) is 0 Å². The lowest BCUT2D eigenvalue weighted by atomic mass is 10.4. The van der Waals surface area contributed by atoms with Crippen LogP contribution in [0.1, 0.15) is 6.42 Å². The van der Waals surface area contributed by atoms with Crippen molar-refractivity contribution in [3.63, 3.8) is 0 Å². The molecule has 0 atom stereocenters. The average molecular weight is 285 g/mol. The molecule has 0 N–H and O–H groups in total. The van der Waals surface area contributed by atoms with Crippen molar-refractivity contribution in [1.82, 2.24) is 19.7 Å². The standard InChI is InChI=1S/C12H23N5OS/c1-15(2)5-4-10-19-12-14-13-11(16(12)3)17-6-8-18-9-7-17/h4-10H2,1-3H3. The van der Waals surface area contributed by atoms with Gasteiger partial charge in [-0.05, 0) is 27.1 Å². The van der Waals surface area contributed by atoms with E-state index in [9.17, 15) is 0 Å². The number of rotatable bonds is 6. The van der Waals surface area contributed by atoms with E-state index in [1.54, 1.807) is 11.8 Å². The minimum Gasteiger partial charge on any atom is -0.378 e. The molecule has 0 amide bonds. The van der Waals surface area contributed by atoms with E-state index in [2.05, 4.69) is 38.7 Å². The minimum atomic E-state index is 0.776. The SMILES string of the molecule is CN(C)CCCSc1nnc(N2CCOCC2)n1C. The summed E-state index contributed by atoms with van der Waals surface area (Å²) in [6, 6.07) is 0. The zero-order valence-electron chi connectivity index (χ0n) is 12.0. The van der Waals surface area contributed by atoms with Crippen molar-refractivity contribution in [3.05, 3.63) is 0 Å². The molecule has 1 aliphatic heterocycles. The van der Waals surface area contributed by atoms with Gasteiger partial charge in [0.1, 0.15) is 0 Å². The van der Waals surface area contributed by atoms with Gasteiger partial charge in [-0.15, -0.1) is 10.2 Å². The second-order valence-electron chi connectivity index (χ2n) is 4.95. The topological polar surface area (TPSA) is 46.4 Å². The van der Waals surface area contributed by atoms with Crippen LogP contribution in [-0.2, 0) is 11.8 Å². The third-order valence-electron chi connectivity index (χ3n) is 3.09. The van der Waals surface area contributed by atoms with Gasteiger partial charge in [-0.2, -0.15) is 0 Å². The first-order valence-electron chi connectivity index (χ1n) is 6.68. The Bertz CT molecular complexity index is 389. The molecule has 0 saturated carbocycles. The molecule has 2 rings (SSSR count). The number of morpholine rings is 1. The molecule has 1 aromatic rings. The van der Waals surface area contributed by atoms with Gasteiger partial charge in [0.25, 0.3) is 0 Å². The zero-order valence-corrected chi connectivity index (χ0v) is 12.8. The molecule has 0 radical (unpaired) electrons. The third-order valence-corrected chi connectivity index (χ3v) is 4.19. The molecule has 19 heavy (non-hydrogen) atoms. The summed E-state index contributed by atoms with van der Waals surface area (Å²) in [6.07, 6.45) is 1.16. The molecule has 1 aliphatic rings. The van der Waals surface area contributed by atoms with Crippen LogP contribution in [0.2, 0.25) is 0 Å². The van der Waals surface area contributed by atoms with Gasteiger partial charge in [0.15, 0.2) is 5.16 Å². The normalized spacial score (nSPS) is 16.3. The second kappa shape index (κ2) is 7.12. The summed E-state index contributed by atoms with van der Waals surface area (Å²) in [5.41, 5.74) is 0. The van der Waals surface area contributed by atoms with Gasteiger partial charge in [-0.1, -0.05) is 11.8 Å². The van der Waals surface area contributed by atoms with Crippen LogP contribution in [0.3, 0.4) is 0 Å². The van der Waals surface area contributed by atoms with Crippen LogP contribution < -0.4 is 4.90 Å². The van der Waals surface area contributed by atoms with Crippen molar-refractivity contribution < 1.29 is 4.74 Å². The Hall–Kier alpha value is -0.790. The molecule has 6 nitrogen and oxygen atoms in total. The predicted molar refractivity (Wildman–Crippen MR) is 77.9 cm³/mol. The van der Waals surface area contributed by atoms with Crippen LogP contribution in [0.25, 0.3) is 0 Å². The lowest BCUT2D eigenvalue weighted by Gasteiger charge is -2.27. The van der Waals surface area contributed by atoms with E-state index in [1.165, 1.54) is 0 Å². The molecule has 0 unspecified atom stereocenters. The molecular weight excluding hydrogens is 262 g/mol. The molecule has 7 heteroatoms. The maximum atomic E-state index is 5.36. The maximum absolute atomic E-state index is 5.36. The summed E-state index contributed by atoms with van der Waals surface area (Å²) in [4.78, 5) is 4.44. The summed E-state index contributed by atoms with van der Waals surface area (Å²) in [6.45, 7) is 4.46. The highest BCUT2D eigenvalue weighted by molar-refractivity contribution is 7.99. The molecule has 1 fully saturated rings. The van der Waals surface area contributed by atoms with E-state index in [-0.39, 0.29) is 0 Å². The molecule has 2 heterocycles. The Morgan fingerprint density at radius 3 is 2.68 bits per heavy atom. The van der Waals surface area contributed by atoms with Gasteiger partial charge in [-0.3, -0.25) is 4.57 Å². The quantitative estimate of drug-likeness (QED) is 0.566. The molecule has 108 valence electrons. The highest BCUT2D eigenvalue weighted by Gasteiger charge is 2.18. The first kappa shape index (κ1) is 14.6. The summed E-state index contributed by atoms with van der Waals surface area (Å²) in [5, 5.41) is 9.59. The molecule has 0 aliphatic carbocycles. The number of hydrogen-bond acceptors (Lipinski definition) is 6. The Morgan fingerprint density at radius 2 is 2.00 bits per heavy atom. The average Bonchev–Trinajstić information content (AvgIpc) is 2.77. The Morgan fingerprint density at radius 1 is 1.26 bits per heavy atom. The first-order chi connectivity index (χ1) is 9.18. The van der Waals surface area contributed by atoms with E-state index in [4.69, 9.17) is 4.74 Å². The van der Waals surface area contributed by atoms with Crippen molar-refractivity contribution in [2.24, 2.45) is 7.05 Å². The smallest absolute Gasteiger partial charge is 0.227 e. The van der Waals surface area contributed by atoms with Gasteiger partial charge >= 0.3 is 0 Å². The van der Waals surface area contributed by atoms with Crippen LogP contribution in [0.15, 0.2) is 5.16 Å². The largest absolute Gasteiger partial charge is 0.378 e. The van der Waals surface area contributed by atoms with Crippen LogP contribution in [-0.4, -0.2) is 72.4 Å². The monoisotopic (exact) mass is 285 g/mol. The fourth-order valence-electron chi connectivity index (χ4n) is 2.02. The lowest BCUT2D eigenvalue weighted by Crippen LogP contribution is -2.37. The highest BCUT2D eigenvalue weighted by atomic mass is 32.2. The van der Waals surface area contributed by atoms with Gasteiger partial charge in [0.05, 0.1) is 13.2 Å². The number of anilines is 1. The van der Waals surface area contributed by atoms with Crippen LogP contribution in [0.4, 0.5) is 5.95 Å². The number of thioether (sulfide) groups is 1. The van der Waals surface area contributed by atoms with E-state index < -0.39 is 0 Å². The van der Waals surface area contributed by atoms with E-state index >= 15 is 0 Å². The minimum absolute atomic E-state index is 0.776. The zero-order chi connectivity index (χ0) is 13.7. The second-order valence-corrected chi connectivity index (χ2v) is 6.01. The number of nitrogens with zero attached hydrogens (tertiary/aromatic N) is 5. The van der Waals surface area contributed by atoms with E-state index in [0.29, 0.717) is 0 Å². The van der Waals surface area contributed by atoms with Gasteiger partial charge in [0, 0.05) is 25.9 Å². The fraction of sp³-hybridized carbons (Fsp3) is 0.833. The van der Waals surface area contributed by atoms with Crippen molar-refractivity contribution in [2.75, 3.05) is 57.6 Å². The molecule has 0 aromatic carbocycles. The molecular formula is C12H23N5OS. The maximum Gasteiger partial charge on any atom is 0.227 e. The summed E-state index contributed by atoms with van der Waals surface area (Å²) < 4.78 is 7.45. The molecule has 1 saturated heterocycles. The lowest BCUT2D eigenvalue weighted by molar-refractivity contribution is 0.121. The van der Waals surface area contributed by atoms with Crippen LogP contribution in [0.5, 0.6) is 0 Å². The first-order valence-corrected chi connectivity index (χ1v) is 7.66. The third kappa shape index (κ3) is 4.09. The van der Waals surface area contributed by atoms with E-state index in [0.717, 1.165) is 56.1 Å². The van der Waals surface area contributed by atoms with Gasteiger partial charge < -0.3 is 14.5 Å². The van der Waals surface area contributed by atoms with Crippen molar-refractivity contribution in [2.45, 2.75) is 11.6 Å². The fourth-order valence-corrected chi connectivity index (χ4v) is 2.85. The van der Waals surface area contributed by atoms with Crippen molar-refractivity contribution in [3.8, 4) is 0 Å². The highest BCUT2D eigenvalue weighted by Crippen LogP contribution is 2.21. The predicted octanol–water partition coefficient (Wildman–Crippen LogP) is 0.695. The molecule has 0 bridgehead atoms. The Kier molecular flexibility index (Phi) is 5.47. The summed E-state index contributed by atoms with van der Waals surface area (Å²) >= 11 is 1.78. The number of hydrogen-bond donors (Lipinski definition) is 0. The number of ether oxygens (including phenoxy) is 1. The van der Waals surface area contributed by atoms with Gasteiger partial charge in [0.2, 0.25) is 5.95 Å². The molecule has 0 spiro atoms. The molecule has 1 aromatic heterocycles. The van der Waals surface area contributed by atoms with Crippen LogP contribution >= 0.6 is 11.8 Å². The summed E-state index contributed by atoms with van der Waals surface area (Å²) in [5.74, 6) is 2.03. The number of aromatic nitrogens is 3. The van der Waals surface area contributed by atoms with E-state index in [1.807, 2.05) is 7.05 Å².